The fraction of sp³-hybridized carbons (Fsp3) is 0.583. The predicted molar refractivity (Wildman–Crippen MR) is 120 cm³/mol. The smallest absolute Gasteiger partial charge is 0.246 e. The van der Waals surface area contributed by atoms with Crippen molar-refractivity contribution in [2.75, 3.05) is 39.4 Å². The zero-order chi connectivity index (χ0) is 21.6. The first-order valence-corrected chi connectivity index (χ1v) is 11.8. The minimum atomic E-state index is -0.0381. The van der Waals surface area contributed by atoms with Crippen LogP contribution in [0.25, 0.3) is 6.08 Å². The van der Waals surface area contributed by atoms with Gasteiger partial charge in [0, 0.05) is 44.6 Å². The molecule has 1 aromatic rings. The third kappa shape index (κ3) is 5.53. The van der Waals surface area contributed by atoms with Crippen LogP contribution in [0.1, 0.15) is 50.5 Å². The third-order valence-electron chi connectivity index (χ3n) is 6.32. The molecule has 168 valence electrons. The Kier molecular flexibility index (Phi) is 7.38. The van der Waals surface area contributed by atoms with Gasteiger partial charge in [-0.15, -0.1) is 0 Å². The number of ether oxygens (including phenoxy) is 2. The van der Waals surface area contributed by atoms with Gasteiger partial charge in [0.1, 0.15) is 0 Å². The molecule has 3 aliphatic rings. The van der Waals surface area contributed by atoms with E-state index in [4.69, 9.17) is 21.1 Å². The van der Waals surface area contributed by atoms with E-state index in [1.807, 2.05) is 15.9 Å². The quantitative estimate of drug-likeness (QED) is 0.654. The van der Waals surface area contributed by atoms with Crippen molar-refractivity contribution in [1.82, 2.24) is 9.80 Å². The molecule has 2 saturated heterocycles. The van der Waals surface area contributed by atoms with Gasteiger partial charge in [-0.25, -0.2) is 0 Å². The Bertz CT molecular complexity index is 825. The Morgan fingerprint density at radius 3 is 2.35 bits per heavy atom. The molecule has 6 nitrogen and oxygen atoms in total. The molecule has 0 aliphatic carbocycles. The number of likely N-dealkylation sites (tertiary alicyclic amines) is 2. The van der Waals surface area contributed by atoms with Crippen LogP contribution in [0.5, 0.6) is 11.5 Å². The van der Waals surface area contributed by atoms with Crippen LogP contribution in [0.2, 0.25) is 5.02 Å². The Hall–Kier alpha value is -2.21. The lowest BCUT2D eigenvalue weighted by atomic mass is 9.95. The highest BCUT2D eigenvalue weighted by Crippen LogP contribution is 2.38. The molecule has 1 aromatic carbocycles. The molecule has 2 fully saturated rings. The van der Waals surface area contributed by atoms with E-state index in [-0.39, 0.29) is 17.7 Å². The molecule has 0 spiro atoms. The minimum absolute atomic E-state index is 0.0381. The van der Waals surface area contributed by atoms with Crippen molar-refractivity contribution in [3.8, 4) is 11.5 Å². The van der Waals surface area contributed by atoms with Gasteiger partial charge >= 0.3 is 0 Å². The van der Waals surface area contributed by atoms with E-state index in [1.54, 1.807) is 18.2 Å². The fourth-order valence-corrected chi connectivity index (χ4v) is 4.79. The number of rotatable bonds is 3. The van der Waals surface area contributed by atoms with E-state index in [2.05, 4.69) is 0 Å². The molecule has 0 radical (unpaired) electrons. The van der Waals surface area contributed by atoms with Crippen LogP contribution in [0, 0.1) is 5.92 Å². The van der Waals surface area contributed by atoms with Crippen LogP contribution in [-0.4, -0.2) is 61.0 Å². The summed E-state index contributed by atoms with van der Waals surface area (Å²) in [6.07, 6.45) is 10.3. The number of nitrogens with zero attached hydrogens (tertiary/aromatic N) is 2. The first-order valence-electron chi connectivity index (χ1n) is 11.5. The van der Waals surface area contributed by atoms with Crippen molar-refractivity contribution in [1.29, 1.82) is 0 Å². The van der Waals surface area contributed by atoms with Crippen molar-refractivity contribution in [2.24, 2.45) is 5.92 Å². The molecule has 3 aliphatic heterocycles. The van der Waals surface area contributed by atoms with Gasteiger partial charge < -0.3 is 19.3 Å². The molecule has 0 aromatic heterocycles. The zero-order valence-corrected chi connectivity index (χ0v) is 18.7. The number of fused-ring (bicyclic) bond motifs is 1. The van der Waals surface area contributed by atoms with Crippen molar-refractivity contribution < 1.29 is 19.1 Å². The summed E-state index contributed by atoms with van der Waals surface area (Å²) in [5.74, 6) is 1.48. The molecule has 0 saturated carbocycles. The second kappa shape index (κ2) is 10.4. The van der Waals surface area contributed by atoms with Crippen LogP contribution in [-0.2, 0) is 9.59 Å². The van der Waals surface area contributed by atoms with Gasteiger partial charge in [0.2, 0.25) is 11.8 Å². The van der Waals surface area contributed by atoms with Crippen LogP contribution in [0.3, 0.4) is 0 Å². The van der Waals surface area contributed by atoms with Crippen LogP contribution in [0.15, 0.2) is 18.2 Å². The molecule has 0 atom stereocenters. The monoisotopic (exact) mass is 446 g/mol. The Morgan fingerprint density at radius 1 is 0.903 bits per heavy atom. The van der Waals surface area contributed by atoms with Crippen molar-refractivity contribution in [2.45, 2.75) is 44.9 Å². The van der Waals surface area contributed by atoms with Gasteiger partial charge in [-0.05, 0) is 49.5 Å². The summed E-state index contributed by atoms with van der Waals surface area (Å²) in [4.78, 5) is 29.4. The molecule has 0 N–H and O–H groups in total. The molecule has 7 heteroatoms. The lowest BCUT2D eigenvalue weighted by molar-refractivity contribution is -0.139. The van der Waals surface area contributed by atoms with Crippen molar-refractivity contribution in [3.63, 3.8) is 0 Å². The number of benzene rings is 1. The molecule has 3 heterocycles. The van der Waals surface area contributed by atoms with Crippen LogP contribution in [0.4, 0.5) is 0 Å². The fourth-order valence-electron chi connectivity index (χ4n) is 4.52. The van der Waals surface area contributed by atoms with Crippen molar-refractivity contribution >= 4 is 29.5 Å². The maximum atomic E-state index is 12.8. The molecule has 0 unspecified atom stereocenters. The van der Waals surface area contributed by atoms with Crippen molar-refractivity contribution in [3.05, 3.63) is 28.8 Å². The Labute approximate surface area is 189 Å². The maximum Gasteiger partial charge on any atom is 0.246 e. The predicted octanol–water partition coefficient (Wildman–Crippen LogP) is 4.16. The van der Waals surface area contributed by atoms with Gasteiger partial charge in [-0.1, -0.05) is 24.4 Å². The van der Waals surface area contributed by atoms with Crippen LogP contribution >= 0.6 is 11.6 Å². The summed E-state index contributed by atoms with van der Waals surface area (Å²) in [5.41, 5.74) is 0.800. The zero-order valence-electron chi connectivity index (χ0n) is 18.0. The molecular formula is C24H31ClN2O4. The average Bonchev–Trinajstić information content (AvgIpc) is 3.20. The highest BCUT2D eigenvalue weighted by Gasteiger charge is 2.29. The number of carbonyl (C=O) groups is 2. The SMILES string of the molecule is O=C(C=Cc1cc(Cl)c2c(c1)OCCCO2)N1CCC(C(=O)N2CCCCCC2)CC1. The summed E-state index contributed by atoms with van der Waals surface area (Å²) in [6.45, 7) is 4.18. The lowest BCUT2D eigenvalue weighted by Gasteiger charge is -2.33. The van der Waals surface area contributed by atoms with E-state index in [0.717, 1.165) is 50.8 Å². The number of carbonyl (C=O) groups excluding carboxylic acids is 2. The molecule has 2 amide bonds. The lowest BCUT2D eigenvalue weighted by Crippen LogP contribution is -2.44. The maximum absolute atomic E-state index is 12.8. The van der Waals surface area contributed by atoms with E-state index >= 15 is 0 Å². The Balaban J connectivity index is 1.32. The summed E-state index contributed by atoms with van der Waals surface area (Å²) < 4.78 is 11.4. The summed E-state index contributed by atoms with van der Waals surface area (Å²) in [5, 5.41) is 0.485. The number of hydrogen-bond acceptors (Lipinski definition) is 4. The van der Waals surface area contributed by atoms with E-state index in [0.29, 0.717) is 42.8 Å². The first-order chi connectivity index (χ1) is 15.1. The number of hydrogen-bond donors (Lipinski definition) is 0. The van der Waals surface area contributed by atoms with Gasteiger partial charge in [-0.3, -0.25) is 9.59 Å². The summed E-state index contributed by atoms with van der Waals surface area (Å²) in [7, 11) is 0. The highest BCUT2D eigenvalue weighted by atomic mass is 35.5. The topological polar surface area (TPSA) is 59.1 Å². The van der Waals surface area contributed by atoms with Gasteiger partial charge in [0.25, 0.3) is 0 Å². The number of amides is 2. The van der Waals surface area contributed by atoms with E-state index in [9.17, 15) is 9.59 Å². The Morgan fingerprint density at radius 2 is 1.61 bits per heavy atom. The molecular weight excluding hydrogens is 416 g/mol. The van der Waals surface area contributed by atoms with Crippen LogP contribution < -0.4 is 9.47 Å². The van der Waals surface area contributed by atoms with E-state index in [1.165, 1.54) is 12.8 Å². The molecule has 0 bridgehead atoms. The van der Waals surface area contributed by atoms with Gasteiger partial charge in [0.15, 0.2) is 11.5 Å². The van der Waals surface area contributed by atoms with E-state index < -0.39 is 0 Å². The summed E-state index contributed by atoms with van der Waals surface area (Å²) in [6, 6.07) is 3.63. The second-order valence-electron chi connectivity index (χ2n) is 8.55. The number of halogens is 1. The molecule has 31 heavy (non-hydrogen) atoms. The standard InChI is InChI=1S/C24H31ClN2O4/c25-20-16-18(17-21-23(20)31-15-5-14-30-21)6-7-22(28)26-12-8-19(9-13-26)24(29)27-10-3-1-2-4-11-27/h6-7,16-17,19H,1-5,8-15H2. The largest absolute Gasteiger partial charge is 0.489 e. The highest BCUT2D eigenvalue weighted by molar-refractivity contribution is 6.32. The van der Waals surface area contributed by atoms with Gasteiger partial charge in [-0.2, -0.15) is 0 Å². The van der Waals surface area contributed by atoms with Gasteiger partial charge in [0.05, 0.1) is 18.2 Å². The average molecular weight is 447 g/mol. The summed E-state index contributed by atoms with van der Waals surface area (Å²) >= 11 is 6.33. The third-order valence-corrected chi connectivity index (χ3v) is 6.60. The molecule has 4 rings (SSSR count). The minimum Gasteiger partial charge on any atom is -0.489 e. The first kappa shape index (κ1) is 22.0. The normalized spacial score (nSPS) is 20.4. The second-order valence-corrected chi connectivity index (χ2v) is 8.96. The number of piperidine rings is 1.